The number of hydrogen-bond donors (Lipinski definition) is 0. The topological polar surface area (TPSA) is 79.3 Å². The second-order valence-corrected chi connectivity index (χ2v) is 6.88. The third-order valence-corrected chi connectivity index (χ3v) is 5.33. The first-order valence-electron chi connectivity index (χ1n) is 7.96. The van der Waals surface area contributed by atoms with Gasteiger partial charge in [-0.05, 0) is 41.6 Å². The fourth-order valence-electron chi connectivity index (χ4n) is 3.56. The molecule has 2 aliphatic rings. The standard InChI is InChI=1S/C16H17N5O2S/c22-15-13-9-21(16(23)14-10-24-19-18-14)8-12(13)3-6-20(15)7-11-1-4-17-5-2-11/h1-2,4-5,10,12-13H,3,6-9H2/t12-,13-/m1/s1. The van der Waals surface area contributed by atoms with E-state index in [1.54, 1.807) is 22.7 Å². The molecule has 0 unspecified atom stereocenters. The van der Waals surface area contributed by atoms with Crippen LogP contribution in [-0.2, 0) is 11.3 Å². The van der Waals surface area contributed by atoms with Gasteiger partial charge in [0, 0.05) is 44.0 Å². The Bertz CT molecular complexity index is 736. The Morgan fingerprint density at radius 3 is 2.88 bits per heavy atom. The Kier molecular flexibility index (Phi) is 3.97. The molecule has 2 saturated heterocycles. The summed E-state index contributed by atoms with van der Waals surface area (Å²) in [7, 11) is 0. The van der Waals surface area contributed by atoms with Crippen molar-refractivity contribution in [2.75, 3.05) is 19.6 Å². The average Bonchev–Trinajstić information content (AvgIpc) is 3.27. The van der Waals surface area contributed by atoms with Crippen LogP contribution in [0, 0.1) is 11.8 Å². The molecule has 2 aromatic rings. The van der Waals surface area contributed by atoms with E-state index in [9.17, 15) is 9.59 Å². The number of piperidine rings is 1. The summed E-state index contributed by atoms with van der Waals surface area (Å²) in [5.74, 6) is 0.180. The molecule has 2 aliphatic heterocycles. The summed E-state index contributed by atoms with van der Waals surface area (Å²) >= 11 is 1.17. The normalized spacial score (nSPS) is 23.4. The van der Waals surface area contributed by atoms with E-state index in [0.717, 1.165) is 18.5 Å². The summed E-state index contributed by atoms with van der Waals surface area (Å²) in [6.45, 7) is 2.46. The Labute approximate surface area is 143 Å². The molecule has 0 N–H and O–H groups in total. The fraction of sp³-hybridized carbons (Fsp3) is 0.438. The highest BCUT2D eigenvalue weighted by atomic mass is 32.1. The maximum Gasteiger partial charge on any atom is 0.275 e. The zero-order valence-electron chi connectivity index (χ0n) is 13.0. The number of carbonyl (C=O) groups is 2. The largest absolute Gasteiger partial charge is 0.338 e. The Morgan fingerprint density at radius 1 is 1.29 bits per heavy atom. The smallest absolute Gasteiger partial charge is 0.275 e. The number of nitrogens with zero attached hydrogens (tertiary/aromatic N) is 5. The molecule has 124 valence electrons. The van der Waals surface area contributed by atoms with Crippen molar-refractivity contribution in [3.05, 3.63) is 41.2 Å². The van der Waals surface area contributed by atoms with E-state index in [-0.39, 0.29) is 23.7 Å². The number of pyridine rings is 1. The number of fused-ring (bicyclic) bond motifs is 1. The summed E-state index contributed by atoms with van der Waals surface area (Å²) < 4.78 is 3.74. The summed E-state index contributed by atoms with van der Waals surface area (Å²) in [5, 5.41) is 5.50. The number of amides is 2. The van der Waals surface area contributed by atoms with Gasteiger partial charge >= 0.3 is 0 Å². The highest BCUT2D eigenvalue weighted by molar-refractivity contribution is 7.03. The van der Waals surface area contributed by atoms with Crippen LogP contribution in [0.5, 0.6) is 0 Å². The highest BCUT2D eigenvalue weighted by Gasteiger charge is 2.44. The first-order chi connectivity index (χ1) is 11.7. The third kappa shape index (κ3) is 2.77. The SMILES string of the molecule is O=C(c1csnn1)N1C[C@H]2CCN(Cc3ccncc3)C(=O)[C@@H]2C1. The van der Waals surface area contributed by atoms with Crippen LogP contribution >= 0.6 is 11.5 Å². The van der Waals surface area contributed by atoms with Crippen LogP contribution in [0.2, 0.25) is 0 Å². The van der Waals surface area contributed by atoms with Crippen LogP contribution in [0.3, 0.4) is 0 Å². The van der Waals surface area contributed by atoms with E-state index in [4.69, 9.17) is 0 Å². The number of carbonyl (C=O) groups excluding carboxylic acids is 2. The maximum absolute atomic E-state index is 12.8. The van der Waals surface area contributed by atoms with Crippen molar-refractivity contribution in [3.63, 3.8) is 0 Å². The summed E-state index contributed by atoms with van der Waals surface area (Å²) in [4.78, 5) is 32.9. The number of rotatable bonds is 3. The molecular formula is C16H17N5O2S. The van der Waals surface area contributed by atoms with E-state index < -0.39 is 0 Å². The fourth-order valence-corrected chi connectivity index (χ4v) is 3.99. The minimum absolute atomic E-state index is 0.101. The molecule has 7 nitrogen and oxygen atoms in total. The first kappa shape index (κ1) is 15.2. The van der Waals surface area contributed by atoms with Crippen molar-refractivity contribution >= 4 is 23.3 Å². The van der Waals surface area contributed by atoms with E-state index in [0.29, 0.717) is 25.3 Å². The molecule has 2 aromatic heterocycles. The van der Waals surface area contributed by atoms with Crippen LogP contribution < -0.4 is 0 Å². The van der Waals surface area contributed by atoms with Crippen molar-refractivity contribution < 1.29 is 9.59 Å². The lowest BCUT2D eigenvalue weighted by atomic mass is 9.88. The zero-order chi connectivity index (χ0) is 16.5. The van der Waals surface area contributed by atoms with E-state index >= 15 is 0 Å². The van der Waals surface area contributed by atoms with Gasteiger partial charge in [0.25, 0.3) is 5.91 Å². The van der Waals surface area contributed by atoms with Gasteiger partial charge in [-0.15, -0.1) is 5.10 Å². The predicted molar refractivity (Wildman–Crippen MR) is 87.1 cm³/mol. The molecule has 2 fully saturated rings. The lowest BCUT2D eigenvalue weighted by Crippen LogP contribution is -2.44. The van der Waals surface area contributed by atoms with E-state index in [1.165, 1.54) is 11.5 Å². The Morgan fingerprint density at radius 2 is 2.12 bits per heavy atom. The molecule has 4 rings (SSSR count). The molecule has 0 radical (unpaired) electrons. The lowest BCUT2D eigenvalue weighted by Gasteiger charge is -2.33. The Balaban J connectivity index is 1.44. The molecular weight excluding hydrogens is 326 g/mol. The van der Waals surface area contributed by atoms with Crippen molar-refractivity contribution in [1.29, 1.82) is 0 Å². The van der Waals surface area contributed by atoms with Gasteiger partial charge in [-0.1, -0.05) is 4.49 Å². The first-order valence-corrected chi connectivity index (χ1v) is 8.80. The Hall–Kier alpha value is -2.35. The van der Waals surface area contributed by atoms with Gasteiger partial charge in [-0.2, -0.15) is 0 Å². The minimum atomic E-state index is -0.119. The van der Waals surface area contributed by atoms with Crippen molar-refractivity contribution in [3.8, 4) is 0 Å². The molecule has 0 saturated carbocycles. The van der Waals surface area contributed by atoms with Crippen molar-refractivity contribution in [2.24, 2.45) is 11.8 Å². The molecule has 2 atom stereocenters. The molecule has 0 aliphatic carbocycles. The van der Waals surface area contributed by atoms with Crippen LogP contribution in [-0.4, -0.2) is 55.8 Å². The maximum atomic E-state index is 12.8. The monoisotopic (exact) mass is 343 g/mol. The summed E-state index contributed by atoms with van der Waals surface area (Å²) in [6.07, 6.45) is 4.41. The average molecular weight is 343 g/mol. The second kappa shape index (κ2) is 6.27. The third-order valence-electron chi connectivity index (χ3n) is 4.83. The number of aromatic nitrogens is 3. The van der Waals surface area contributed by atoms with Gasteiger partial charge in [0.2, 0.25) is 5.91 Å². The van der Waals surface area contributed by atoms with Crippen LogP contribution in [0.15, 0.2) is 29.9 Å². The quantitative estimate of drug-likeness (QED) is 0.832. The highest BCUT2D eigenvalue weighted by Crippen LogP contribution is 2.33. The van der Waals surface area contributed by atoms with Gasteiger partial charge in [0.15, 0.2) is 5.69 Å². The van der Waals surface area contributed by atoms with Gasteiger partial charge in [-0.25, -0.2) is 0 Å². The molecule has 0 aromatic carbocycles. The van der Waals surface area contributed by atoms with Crippen molar-refractivity contribution in [1.82, 2.24) is 24.4 Å². The van der Waals surface area contributed by atoms with E-state index in [1.807, 2.05) is 17.0 Å². The molecule has 8 heteroatoms. The van der Waals surface area contributed by atoms with Gasteiger partial charge in [0.1, 0.15) is 0 Å². The summed E-state index contributed by atoms with van der Waals surface area (Å²) in [5.41, 5.74) is 1.45. The molecule has 24 heavy (non-hydrogen) atoms. The summed E-state index contributed by atoms with van der Waals surface area (Å²) in [6, 6.07) is 3.86. The number of likely N-dealkylation sites (tertiary alicyclic amines) is 2. The van der Waals surface area contributed by atoms with Gasteiger partial charge < -0.3 is 9.80 Å². The second-order valence-electron chi connectivity index (χ2n) is 6.27. The van der Waals surface area contributed by atoms with Crippen LogP contribution in [0.1, 0.15) is 22.5 Å². The van der Waals surface area contributed by atoms with Crippen LogP contribution in [0.25, 0.3) is 0 Å². The zero-order valence-corrected chi connectivity index (χ0v) is 13.9. The molecule has 2 amide bonds. The lowest BCUT2D eigenvalue weighted by molar-refractivity contribution is -0.140. The molecule has 0 spiro atoms. The molecule has 0 bridgehead atoms. The number of hydrogen-bond acceptors (Lipinski definition) is 6. The van der Waals surface area contributed by atoms with Crippen LogP contribution in [0.4, 0.5) is 0 Å². The molecule has 4 heterocycles. The van der Waals surface area contributed by atoms with Gasteiger partial charge in [-0.3, -0.25) is 14.6 Å². The van der Waals surface area contributed by atoms with Crippen molar-refractivity contribution in [2.45, 2.75) is 13.0 Å². The predicted octanol–water partition coefficient (Wildman–Crippen LogP) is 1.05. The van der Waals surface area contributed by atoms with Gasteiger partial charge in [0.05, 0.1) is 5.92 Å². The van der Waals surface area contributed by atoms with E-state index in [2.05, 4.69) is 14.6 Å². The minimum Gasteiger partial charge on any atom is -0.338 e.